The highest BCUT2D eigenvalue weighted by Gasteiger charge is 2.17. The second kappa shape index (κ2) is 6.75. The molecule has 5 heteroatoms. The summed E-state index contributed by atoms with van der Waals surface area (Å²) in [6.07, 6.45) is 6.28. The number of hydrogen-bond acceptors (Lipinski definition) is 3. The van der Waals surface area contributed by atoms with Gasteiger partial charge in [-0.15, -0.1) is 0 Å². The van der Waals surface area contributed by atoms with Crippen molar-refractivity contribution in [2.45, 2.75) is 32.1 Å². The summed E-state index contributed by atoms with van der Waals surface area (Å²) in [7, 11) is 1.76. The first-order valence-electron chi connectivity index (χ1n) is 6.83. The smallest absolute Gasteiger partial charge is 0.271 e. The van der Waals surface area contributed by atoms with Gasteiger partial charge in [-0.2, -0.15) is 0 Å². The molecule has 1 heterocycles. The van der Waals surface area contributed by atoms with Gasteiger partial charge in [-0.1, -0.05) is 30.9 Å². The van der Waals surface area contributed by atoms with Crippen LogP contribution < -0.4 is 10.6 Å². The van der Waals surface area contributed by atoms with Crippen molar-refractivity contribution >= 4 is 23.3 Å². The van der Waals surface area contributed by atoms with Crippen molar-refractivity contribution in [1.29, 1.82) is 0 Å². The van der Waals surface area contributed by atoms with Gasteiger partial charge in [0.1, 0.15) is 11.5 Å². The van der Waals surface area contributed by atoms with E-state index in [0.717, 1.165) is 6.54 Å². The topological polar surface area (TPSA) is 54.0 Å². The van der Waals surface area contributed by atoms with E-state index in [9.17, 15) is 4.79 Å². The molecule has 0 spiro atoms. The second-order valence-corrected chi connectivity index (χ2v) is 5.40. The SMILES string of the molecule is CNc1ccc(Cl)c(C(=O)NCC2CCCCC2)n1. The average molecular weight is 282 g/mol. The van der Waals surface area contributed by atoms with Gasteiger partial charge in [0.15, 0.2) is 0 Å². The Hall–Kier alpha value is -1.29. The number of nitrogens with zero attached hydrogens (tertiary/aromatic N) is 1. The molecule has 4 nitrogen and oxygen atoms in total. The summed E-state index contributed by atoms with van der Waals surface area (Å²) in [6, 6.07) is 3.44. The van der Waals surface area contributed by atoms with Gasteiger partial charge >= 0.3 is 0 Å². The highest BCUT2D eigenvalue weighted by molar-refractivity contribution is 6.33. The fraction of sp³-hybridized carbons (Fsp3) is 0.571. The van der Waals surface area contributed by atoms with E-state index in [-0.39, 0.29) is 5.91 Å². The minimum absolute atomic E-state index is 0.187. The van der Waals surface area contributed by atoms with Crippen LogP contribution in [0.3, 0.4) is 0 Å². The number of hydrogen-bond donors (Lipinski definition) is 2. The molecule has 0 radical (unpaired) electrons. The van der Waals surface area contributed by atoms with Crippen LogP contribution in [0, 0.1) is 5.92 Å². The molecule has 1 aliphatic rings. The summed E-state index contributed by atoms with van der Waals surface area (Å²) in [5.41, 5.74) is 0.296. The third-order valence-electron chi connectivity index (χ3n) is 3.59. The zero-order valence-electron chi connectivity index (χ0n) is 11.2. The number of carbonyl (C=O) groups excluding carboxylic acids is 1. The first-order valence-corrected chi connectivity index (χ1v) is 7.21. The Kier molecular flexibility index (Phi) is 5.02. The van der Waals surface area contributed by atoms with E-state index in [1.54, 1.807) is 19.2 Å². The summed E-state index contributed by atoms with van der Waals surface area (Å²) in [6.45, 7) is 0.723. The van der Waals surface area contributed by atoms with E-state index in [0.29, 0.717) is 22.5 Å². The molecule has 1 aromatic heterocycles. The van der Waals surface area contributed by atoms with Crippen LogP contribution >= 0.6 is 11.6 Å². The molecule has 0 saturated heterocycles. The van der Waals surface area contributed by atoms with E-state index < -0.39 is 0 Å². The maximum absolute atomic E-state index is 12.1. The van der Waals surface area contributed by atoms with Crippen LogP contribution in [0.1, 0.15) is 42.6 Å². The molecule has 1 aromatic rings. The number of halogens is 1. The van der Waals surface area contributed by atoms with Crippen molar-refractivity contribution in [3.8, 4) is 0 Å². The molecule has 0 unspecified atom stereocenters. The molecule has 1 amide bonds. The molecule has 0 atom stereocenters. The molecule has 2 rings (SSSR count). The highest BCUT2D eigenvalue weighted by atomic mass is 35.5. The summed E-state index contributed by atoms with van der Waals surface area (Å²) < 4.78 is 0. The monoisotopic (exact) mass is 281 g/mol. The number of rotatable bonds is 4. The maximum Gasteiger partial charge on any atom is 0.271 e. The Balaban J connectivity index is 1.95. The Morgan fingerprint density at radius 2 is 2.11 bits per heavy atom. The van der Waals surface area contributed by atoms with E-state index in [1.165, 1.54) is 32.1 Å². The molecule has 104 valence electrons. The van der Waals surface area contributed by atoms with Crippen LogP contribution in [-0.4, -0.2) is 24.5 Å². The maximum atomic E-state index is 12.1. The molecule has 0 aromatic carbocycles. The number of amides is 1. The molecule has 1 aliphatic carbocycles. The normalized spacial score (nSPS) is 16.1. The molecule has 0 bridgehead atoms. The standard InChI is InChI=1S/C14H20ClN3O/c1-16-12-8-7-11(15)13(18-12)14(19)17-9-10-5-3-2-4-6-10/h7-8,10H,2-6,9H2,1H3,(H,16,18)(H,17,19). The zero-order chi connectivity index (χ0) is 13.7. The van der Waals surface area contributed by atoms with Crippen molar-refractivity contribution in [3.63, 3.8) is 0 Å². The molecule has 19 heavy (non-hydrogen) atoms. The lowest BCUT2D eigenvalue weighted by Crippen LogP contribution is -2.31. The summed E-state index contributed by atoms with van der Waals surface area (Å²) >= 11 is 6.02. The highest BCUT2D eigenvalue weighted by Crippen LogP contribution is 2.23. The molecular formula is C14H20ClN3O. The molecular weight excluding hydrogens is 262 g/mol. The third kappa shape index (κ3) is 3.83. The first kappa shape index (κ1) is 14.1. The van der Waals surface area contributed by atoms with Crippen molar-refractivity contribution in [2.75, 3.05) is 18.9 Å². The lowest BCUT2D eigenvalue weighted by atomic mass is 9.89. The van der Waals surface area contributed by atoms with Gasteiger partial charge in [0.25, 0.3) is 5.91 Å². The predicted molar refractivity (Wildman–Crippen MR) is 77.7 cm³/mol. The van der Waals surface area contributed by atoms with Gasteiger partial charge < -0.3 is 10.6 Å². The predicted octanol–water partition coefficient (Wildman–Crippen LogP) is 3.09. The van der Waals surface area contributed by atoms with Gasteiger partial charge in [0, 0.05) is 13.6 Å². The third-order valence-corrected chi connectivity index (χ3v) is 3.90. The molecule has 0 aliphatic heterocycles. The number of anilines is 1. The molecule has 1 saturated carbocycles. The van der Waals surface area contributed by atoms with Crippen LogP contribution in [0.25, 0.3) is 0 Å². The Labute approximate surface area is 118 Å². The average Bonchev–Trinajstić information content (AvgIpc) is 2.46. The van der Waals surface area contributed by atoms with E-state index in [2.05, 4.69) is 15.6 Å². The van der Waals surface area contributed by atoms with Gasteiger partial charge in [-0.3, -0.25) is 4.79 Å². The van der Waals surface area contributed by atoms with Crippen LogP contribution in [-0.2, 0) is 0 Å². The van der Waals surface area contributed by atoms with E-state index in [1.807, 2.05) is 0 Å². The van der Waals surface area contributed by atoms with Gasteiger partial charge in [0.05, 0.1) is 5.02 Å². The number of aromatic nitrogens is 1. The van der Waals surface area contributed by atoms with Crippen molar-refractivity contribution < 1.29 is 4.79 Å². The first-order chi connectivity index (χ1) is 9.20. The minimum Gasteiger partial charge on any atom is -0.373 e. The van der Waals surface area contributed by atoms with E-state index >= 15 is 0 Å². The van der Waals surface area contributed by atoms with E-state index in [4.69, 9.17) is 11.6 Å². The largest absolute Gasteiger partial charge is 0.373 e. The van der Waals surface area contributed by atoms with Gasteiger partial charge in [0.2, 0.25) is 0 Å². The number of pyridine rings is 1. The van der Waals surface area contributed by atoms with Gasteiger partial charge in [-0.05, 0) is 30.9 Å². The van der Waals surface area contributed by atoms with Crippen LogP contribution in [0.2, 0.25) is 5.02 Å². The zero-order valence-corrected chi connectivity index (χ0v) is 12.0. The quantitative estimate of drug-likeness (QED) is 0.892. The second-order valence-electron chi connectivity index (χ2n) is 4.99. The van der Waals surface area contributed by atoms with Crippen molar-refractivity contribution in [1.82, 2.24) is 10.3 Å². The van der Waals surface area contributed by atoms with Crippen LogP contribution in [0.5, 0.6) is 0 Å². The summed E-state index contributed by atoms with van der Waals surface area (Å²) in [5, 5.41) is 6.24. The lowest BCUT2D eigenvalue weighted by molar-refractivity contribution is 0.0939. The number of nitrogens with one attached hydrogen (secondary N) is 2. The van der Waals surface area contributed by atoms with Crippen LogP contribution in [0.15, 0.2) is 12.1 Å². The van der Waals surface area contributed by atoms with Gasteiger partial charge in [-0.25, -0.2) is 4.98 Å². The van der Waals surface area contributed by atoms with Crippen molar-refractivity contribution in [3.05, 3.63) is 22.8 Å². The summed E-state index contributed by atoms with van der Waals surface area (Å²) in [4.78, 5) is 16.3. The van der Waals surface area contributed by atoms with Crippen molar-refractivity contribution in [2.24, 2.45) is 5.92 Å². The van der Waals surface area contributed by atoms with Crippen LogP contribution in [0.4, 0.5) is 5.82 Å². The fourth-order valence-corrected chi connectivity index (χ4v) is 2.64. The Morgan fingerprint density at radius 3 is 2.79 bits per heavy atom. The Morgan fingerprint density at radius 1 is 1.37 bits per heavy atom. The molecule has 2 N–H and O–H groups in total. The fourth-order valence-electron chi connectivity index (χ4n) is 2.45. The number of carbonyl (C=O) groups is 1. The Bertz CT molecular complexity index is 444. The lowest BCUT2D eigenvalue weighted by Gasteiger charge is -2.21. The summed E-state index contributed by atoms with van der Waals surface area (Å²) in [5.74, 6) is 1.06. The minimum atomic E-state index is -0.187. The molecule has 1 fully saturated rings.